The zero-order chi connectivity index (χ0) is 15.6. The maximum atomic E-state index is 9.75. The summed E-state index contributed by atoms with van der Waals surface area (Å²) in [6, 6.07) is 8.20. The average molecular weight is 328 g/mol. The van der Waals surface area contributed by atoms with Gasteiger partial charge in [0.05, 0.1) is 10.0 Å². The minimum Gasteiger partial charge on any atom is -0.504 e. The van der Waals surface area contributed by atoms with Gasteiger partial charge in [-0.1, -0.05) is 35.3 Å². The van der Waals surface area contributed by atoms with Crippen molar-refractivity contribution in [3.8, 4) is 17.2 Å². The third-order valence-electron chi connectivity index (χ3n) is 3.26. The van der Waals surface area contributed by atoms with Crippen LogP contribution in [0.2, 0.25) is 10.0 Å². The Labute approximate surface area is 132 Å². The van der Waals surface area contributed by atoms with Crippen molar-refractivity contribution < 1.29 is 15.3 Å². The zero-order valence-electron chi connectivity index (χ0n) is 11.3. The molecular formula is C15H15Cl2NO3. The Morgan fingerprint density at radius 1 is 1.00 bits per heavy atom. The van der Waals surface area contributed by atoms with Crippen molar-refractivity contribution in [1.29, 1.82) is 0 Å². The summed E-state index contributed by atoms with van der Waals surface area (Å²) in [6.45, 7) is 2.26. The fourth-order valence-corrected chi connectivity index (χ4v) is 2.22. The summed E-state index contributed by atoms with van der Waals surface area (Å²) >= 11 is 11.9. The molecule has 4 N–H and O–H groups in total. The standard InChI is InChI=1S/C15H15Cl2NO3/c1-8(9-2-4-11(16)12(17)6-9)18-7-10-3-5-13(19)15(21)14(10)20/h2-6,8,18-21H,7H2,1H3. The van der Waals surface area contributed by atoms with Gasteiger partial charge in [0.1, 0.15) is 0 Å². The highest BCUT2D eigenvalue weighted by molar-refractivity contribution is 6.42. The van der Waals surface area contributed by atoms with E-state index in [0.29, 0.717) is 22.2 Å². The van der Waals surface area contributed by atoms with Crippen molar-refractivity contribution in [3.05, 3.63) is 51.5 Å². The minimum atomic E-state index is -0.517. The van der Waals surface area contributed by atoms with E-state index in [0.717, 1.165) is 5.56 Å². The Morgan fingerprint density at radius 3 is 2.38 bits per heavy atom. The predicted molar refractivity (Wildman–Crippen MR) is 83.2 cm³/mol. The molecule has 6 heteroatoms. The molecule has 0 saturated heterocycles. The number of hydrogen-bond donors (Lipinski definition) is 4. The van der Waals surface area contributed by atoms with Crippen molar-refractivity contribution in [2.45, 2.75) is 19.5 Å². The largest absolute Gasteiger partial charge is 0.504 e. The number of nitrogens with one attached hydrogen (secondary N) is 1. The van der Waals surface area contributed by atoms with E-state index >= 15 is 0 Å². The van der Waals surface area contributed by atoms with Gasteiger partial charge in [-0.3, -0.25) is 0 Å². The fraction of sp³-hybridized carbons (Fsp3) is 0.200. The van der Waals surface area contributed by atoms with Gasteiger partial charge in [-0.2, -0.15) is 0 Å². The molecule has 0 spiro atoms. The first-order chi connectivity index (χ1) is 9.90. The van der Waals surface area contributed by atoms with Gasteiger partial charge in [0.15, 0.2) is 11.5 Å². The fourth-order valence-electron chi connectivity index (χ4n) is 1.92. The second kappa shape index (κ2) is 6.43. The molecular weight excluding hydrogens is 313 g/mol. The number of aromatic hydroxyl groups is 3. The van der Waals surface area contributed by atoms with E-state index in [1.54, 1.807) is 18.2 Å². The lowest BCUT2D eigenvalue weighted by atomic mass is 10.1. The highest BCUT2D eigenvalue weighted by atomic mass is 35.5. The molecule has 1 unspecified atom stereocenters. The number of rotatable bonds is 4. The molecule has 0 aliphatic heterocycles. The van der Waals surface area contributed by atoms with Crippen LogP contribution in [0.5, 0.6) is 17.2 Å². The summed E-state index contributed by atoms with van der Waals surface area (Å²) in [6.07, 6.45) is 0. The zero-order valence-corrected chi connectivity index (χ0v) is 12.8. The van der Waals surface area contributed by atoms with Crippen LogP contribution in [-0.4, -0.2) is 15.3 Å². The highest BCUT2D eigenvalue weighted by Gasteiger charge is 2.13. The van der Waals surface area contributed by atoms with Gasteiger partial charge >= 0.3 is 0 Å². The predicted octanol–water partition coefficient (Wildman–Crippen LogP) is 3.96. The maximum absolute atomic E-state index is 9.75. The second-order valence-electron chi connectivity index (χ2n) is 4.72. The van der Waals surface area contributed by atoms with Crippen LogP contribution >= 0.6 is 23.2 Å². The molecule has 2 aromatic carbocycles. The number of benzene rings is 2. The normalized spacial score (nSPS) is 12.3. The van der Waals surface area contributed by atoms with E-state index < -0.39 is 5.75 Å². The molecule has 1 atom stereocenters. The summed E-state index contributed by atoms with van der Waals surface area (Å²) in [4.78, 5) is 0. The summed E-state index contributed by atoms with van der Waals surface area (Å²) < 4.78 is 0. The first kappa shape index (κ1) is 15.8. The molecule has 112 valence electrons. The van der Waals surface area contributed by atoms with Gasteiger partial charge in [-0.25, -0.2) is 0 Å². The van der Waals surface area contributed by atoms with Crippen LogP contribution in [-0.2, 0) is 6.54 Å². The van der Waals surface area contributed by atoms with Crippen molar-refractivity contribution in [3.63, 3.8) is 0 Å². The molecule has 0 fully saturated rings. The summed E-state index contributed by atoms with van der Waals surface area (Å²) in [5.74, 6) is -1.20. The molecule has 0 aliphatic carbocycles. The Hall–Kier alpha value is -1.62. The number of phenolic OH excluding ortho intramolecular Hbond substituents is 3. The maximum Gasteiger partial charge on any atom is 0.200 e. The van der Waals surface area contributed by atoms with Crippen molar-refractivity contribution in [1.82, 2.24) is 5.32 Å². The molecule has 0 aromatic heterocycles. The summed E-state index contributed by atoms with van der Waals surface area (Å²) in [5.41, 5.74) is 1.43. The Bertz CT molecular complexity index is 662. The van der Waals surface area contributed by atoms with Crippen molar-refractivity contribution in [2.75, 3.05) is 0 Å². The van der Waals surface area contributed by atoms with Crippen LogP contribution in [0.1, 0.15) is 24.1 Å². The van der Waals surface area contributed by atoms with Crippen LogP contribution in [0, 0.1) is 0 Å². The lowest BCUT2D eigenvalue weighted by Gasteiger charge is -2.16. The summed E-state index contributed by atoms with van der Waals surface area (Å²) in [7, 11) is 0. The number of hydrogen-bond acceptors (Lipinski definition) is 4. The van der Waals surface area contributed by atoms with E-state index in [9.17, 15) is 15.3 Å². The second-order valence-corrected chi connectivity index (χ2v) is 5.53. The molecule has 4 nitrogen and oxygen atoms in total. The van der Waals surface area contributed by atoms with E-state index in [1.165, 1.54) is 6.07 Å². The molecule has 2 rings (SSSR count). The lowest BCUT2D eigenvalue weighted by molar-refractivity contribution is 0.363. The van der Waals surface area contributed by atoms with Gasteiger partial charge in [0.25, 0.3) is 0 Å². The molecule has 0 bridgehead atoms. The Kier molecular flexibility index (Phi) is 4.83. The number of phenols is 3. The van der Waals surface area contributed by atoms with Gasteiger partial charge in [0, 0.05) is 18.2 Å². The van der Waals surface area contributed by atoms with Crippen LogP contribution in [0.25, 0.3) is 0 Å². The Morgan fingerprint density at radius 2 is 1.71 bits per heavy atom. The van der Waals surface area contributed by atoms with Gasteiger partial charge < -0.3 is 20.6 Å². The molecule has 0 heterocycles. The smallest absolute Gasteiger partial charge is 0.200 e. The van der Waals surface area contributed by atoms with E-state index in [4.69, 9.17) is 23.2 Å². The van der Waals surface area contributed by atoms with Crippen LogP contribution < -0.4 is 5.32 Å². The van der Waals surface area contributed by atoms with E-state index in [2.05, 4.69) is 5.32 Å². The van der Waals surface area contributed by atoms with E-state index in [-0.39, 0.29) is 17.5 Å². The first-order valence-electron chi connectivity index (χ1n) is 6.31. The van der Waals surface area contributed by atoms with Crippen LogP contribution in [0.15, 0.2) is 30.3 Å². The van der Waals surface area contributed by atoms with Gasteiger partial charge in [-0.05, 0) is 30.7 Å². The molecule has 2 aromatic rings. The molecule has 0 amide bonds. The average Bonchev–Trinajstić information content (AvgIpc) is 2.46. The molecule has 0 radical (unpaired) electrons. The quantitative estimate of drug-likeness (QED) is 0.641. The van der Waals surface area contributed by atoms with Gasteiger partial charge in [-0.15, -0.1) is 0 Å². The van der Waals surface area contributed by atoms with E-state index in [1.807, 2.05) is 13.0 Å². The molecule has 0 saturated carbocycles. The number of halogens is 2. The summed E-state index contributed by atoms with van der Waals surface area (Å²) in [5, 5.41) is 32.7. The van der Waals surface area contributed by atoms with Crippen molar-refractivity contribution in [2.24, 2.45) is 0 Å². The topological polar surface area (TPSA) is 72.7 Å². The SMILES string of the molecule is CC(NCc1ccc(O)c(O)c1O)c1ccc(Cl)c(Cl)c1. The van der Waals surface area contributed by atoms with Crippen molar-refractivity contribution >= 4 is 23.2 Å². The highest BCUT2D eigenvalue weighted by Crippen LogP contribution is 2.37. The molecule has 0 aliphatic rings. The monoisotopic (exact) mass is 327 g/mol. The lowest BCUT2D eigenvalue weighted by Crippen LogP contribution is -2.18. The van der Waals surface area contributed by atoms with Crippen LogP contribution in [0.4, 0.5) is 0 Å². The third kappa shape index (κ3) is 3.53. The first-order valence-corrected chi connectivity index (χ1v) is 7.07. The van der Waals surface area contributed by atoms with Crippen LogP contribution in [0.3, 0.4) is 0 Å². The Balaban J connectivity index is 2.09. The van der Waals surface area contributed by atoms with Gasteiger partial charge in [0.2, 0.25) is 5.75 Å². The third-order valence-corrected chi connectivity index (χ3v) is 3.99. The minimum absolute atomic E-state index is 0.0323. The molecule has 21 heavy (non-hydrogen) atoms.